The molecule has 0 saturated heterocycles. The predicted octanol–water partition coefficient (Wildman–Crippen LogP) is -0.754. The van der Waals surface area contributed by atoms with E-state index in [1.807, 2.05) is 20.8 Å². The number of phenols is 1. The number of phenolic OH excluding ortho intramolecular Hbond substituents is 1. The molecule has 2 fully saturated rings. The summed E-state index contributed by atoms with van der Waals surface area (Å²) in [5.41, 5.74) is 2.25. The van der Waals surface area contributed by atoms with Gasteiger partial charge in [0.1, 0.15) is 5.75 Å². The zero-order valence-corrected chi connectivity index (χ0v) is 23.9. The molecular formula is C29H37N3O9. The number of hydrogen-bond donors (Lipinski definition) is 5. The van der Waals surface area contributed by atoms with E-state index in [0.29, 0.717) is 5.56 Å². The molecule has 3 aliphatic carbocycles. The highest BCUT2D eigenvalue weighted by atomic mass is 16.3. The minimum atomic E-state index is -3.05. The summed E-state index contributed by atoms with van der Waals surface area (Å²) >= 11 is 0. The van der Waals surface area contributed by atoms with E-state index in [0.717, 1.165) is 0 Å². The van der Waals surface area contributed by atoms with Crippen LogP contribution in [-0.4, -0.2) is 92.5 Å². The van der Waals surface area contributed by atoms with Crippen LogP contribution in [0.1, 0.15) is 61.5 Å². The molecule has 12 heteroatoms. The molecule has 2 saturated carbocycles. The van der Waals surface area contributed by atoms with Crippen molar-refractivity contribution < 1.29 is 44.1 Å². The second-order valence-electron chi connectivity index (χ2n) is 12.7. The van der Waals surface area contributed by atoms with Crippen LogP contribution in [0, 0.1) is 23.7 Å². The molecule has 0 aliphatic heterocycles. The number of amides is 2. The number of nitrogens with one attached hydrogen (secondary N) is 1. The van der Waals surface area contributed by atoms with Crippen molar-refractivity contribution in [3.8, 4) is 5.75 Å². The van der Waals surface area contributed by atoms with Gasteiger partial charge in [0.25, 0.3) is 0 Å². The van der Waals surface area contributed by atoms with E-state index in [2.05, 4.69) is 5.32 Å². The average molecular weight is 572 g/mol. The number of aromatic hydroxyl groups is 1. The van der Waals surface area contributed by atoms with Gasteiger partial charge in [-0.2, -0.15) is 0 Å². The fourth-order valence-electron chi connectivity index (χ4n) is 6.96. The Morgan fingerprint density at radius 2 is 1.71 bits per heavy atom. The van der Waals surface area contributed by atoms with Crippen molar-refractivity contribution in [3.05, 3.63) is 28.8 Å². The highest BCUT2D eigenvalue weighted by molar-refractivity contribution is 6.32. The summed E-state index contributed by atoms with van der Waals surface area (Å²) in [6.45, 7) is 7.12. The first-order valence-electron chi connectivity index (χ1n) is 13.5. The van der Waals surface area contributed by atoms with Gasteiger partial charge in [-0.3, -0.25) is 33.7 Å². The molecule has 0 heterocycles. The largest absolute Gasteiger partial charge is 0.507 e. The Morgan fingerprint density at radius 3 is 2.24 bits per heavy atom. The molecule has 0 aromatic heterocycles. The van der Waals surface area contributed by atoms with Gasteiger partial charge < -0.3 is 26.4 Å². The number of ketones is 4. The molecule has 4 rings (SSSR count). The van der Waals surface area contributed by atoms with E-state index in [1.54, 1.807) is 19.1 Å². The van der Waals surface area contributed by atoms with Gasteiger partial charge in [-0.1, -0.05) is 19.1 Å². The highest BCUT2D eigenvalue weighted by Gasteiger charge is 2.72. The summed E-state index contributed by atoms with van der Waals surface area (Å²) in [6, 6.07) is 1.74. The Kier molecular flexibility index (Phi) is 7.51. The number of fused-ring (bicyclic) bond motifs is 3. The number of nitrogens with zero attached hydrogens (tertiary/aromatic N) is 1. The van der Waals surface area contributed by atoms with Crippen molar-refractivity contribution >= 4 is 34.9 Å². The smallest absolute Gasteiger partial charge is 0.235 e. The number of likely N-dealkylation sites (N-methyl/N-ethyl adjacent to an activating group) is 1. The van der Waals surface area contributed by atoms with Crippen LogP contribution in [0.5, 0.6) is 5.75 Å². The van der Waals surface area contributed by atoms with Crippen molar-refractivity contribution in [2.75, 3.05) is 14.1 Å². The SMILES string of the molecule is C[C@H]1c2ccc(CCC(=O)NC(C)(C)C)c(O)c2C(=O)C2C(=O)[C@]3(O)C(=O)C(C(N)=O)C(=O)[C@@H](N(C)C)[C@@H]3[C@@H](O)[C@@H]21. The lowest BCUT2D eigenvalue weighted by Gasteiger charge is -2.56. The summed E-state index contributed by atoms with van der Waals surface area (Å²) in [7, 11) is 2.87. The van der Waals surface area contributed by atoms with E-state index >= 15 is 0 Å². The molecule has 0 radical (unpaired) electrons. The average Bonchev–Trinajstić information content (AvgIpc) is 2.84. The molecule has 6 N–H and O–H groups in total. The maximum absolute atomic E-state index is 14.0. The third-order valence-corrected chi connectivity index (χ3v) is 8.71. The summed E-state index contributed by atoms with van der Waals surface area (Å²) in [5.74, 6) is -14.0. The van der Waals surface area contributed by atoms with Gasteiger partial charge in [0, 0.05) is 17.9 Å². The van der Waals surface area contributed by atoms with Crippen LogP contribution in [0.15, 0.2) is 12.1 Å². The Bertz CT molecular complexity index is 1360. The highest BCUT2D eigenvalue weighted by Crippen LogP contribution is 2.54. The Labute approximate surface area is 237 Å². The minimum absolute atomic E-state index is 0.0153. The number of aliphatic hydroxyl groups is 2. The molecule has 1 aromatic rings. The zero-order valence-electron chi connectivity index (χ0n) is 23.9. The number of hydrogen-bond acceptors (Lipinski definition) is 10. The molecule has 0 bridgehead atoms. The standard InChI is InChI=1S/C29H37N3O9/c1-11-13-9-7-12(8-10-14(33)31-28(2,3)4)21(34)16(13)22(35)17-15(11)23(36)19-20(32(5)6)24(37)18(27(30)40)26(39)29(19,41)25(17)38/h7,9,11,15,17-20,23,34,36,41H,8,10H2,1-6H3,(H2,30,40)(H,31,33)/t11-,15+,17?,18?,19+,20-,23-,29-/m0/s1. The molecule has 0 spiro atoms. The lowest BCUT2D eigenvalue weighted by atomic mass is 9.49. The monoisotopic (exact) mass is 571 g/mol. The molecule has 41 heavy (non-hydrogen) atoms. The predicted molar refractivity (Wildman–Crippen MR) is 144 cm³/mol. The molecule has 222 valence electrons. The Balaban J connectivity index is 1.79. The lowest BCUT2D eigenvalue weighted by Crippen LogP contribution is -2.77. The van der Waals surface area contributed by atoms with Gasteiger partial charge >= 0.3 is 0 Å². The normalized spacial score (nSPS) is 33.2. The summed E-state index contributed by atoms with van der Waals surface area (Å²) in [5, 5.41) is 37.3. The van der Waals surface area contributed by atoms with Crippen molar-refractivity contribution in [1.29, 1.82) is 0 Å². The lowest BCUT2D eigenvalue weighted by molar-refractivity contribution is -0.196. The van der Waals surface area contributed by atoms with Crippen molar-refractivity contribution in [1.82, 2.24) is 10.2 Å². The first kappa shape index (κ1) is 30.5. The topological polar surface area (TPSA) is 204 Å². The number of benzene rings is 1. The molecule has 2 amide bonds. The first-order valence-corrected chi connectivity index (χ1v) is 13.5. The second kappa shape index (κ2) is 10.1. The van der Waals surface area contributed by atoms with Crippen LogP contribution >= 0.6 is 0 Å². The van der Waals surface area contributed by atoms with E-state index in [4.69, 9.17) is 5.73 Å². The number of carbonyl (C=O) groups is 6. The van der Waals surface area contributed by atoms with Gasteiger partial charge in [-0.25, -0.2) is 0 Å². The van der Waals surface area contributed by atoms with Crippen LogP contribution in [0.3, 0.4) is 0 Å². The second-order valence-corrected chi connectivity index (χ2v) is 12.7. The fraction of sp³-hybridized carbons (Fsp3) is 0.586. The Morgan fingerprint density at radius 1 is 1.10 bits per heavy atom. The fourth-order valence-corrected chi connectivity index (χ4v) is 6.96. The number of nitrogens with two attached hydrogens (primary N) is 1. The van der Waals surface area contributed by atoms with Crippen LogP contribution in [0.2, 0.25) is 0 Å². The number of rotatable bonds is 5. The molecule has 2 unspecified atom stereocenters. The Hall–Kier alpha value is -3.48. The third kappa shape index (κ3) is 4.58. The number of carbonyl (C=O) groups excluding carboxylic acids is 6. The number of aliphatic hydroxyl groups excluding tert-OH is 1. The van der Waals surface area contributed by atoms with Gasteiger partial charge in [0.2, 0.25) is 11.8 Å². The number of primary amides is 1. The van der Waals surface area contributed by atoms with Crippen LogP contribution in [0.4, 0.5) is 0 Å². The van der Waals surface area contributed by atoms with E-state index in [-0.39, 0.29) is 29.9 Å². The summed E-state index contributed by atoms with van der Waals surface area (Å²) < 4.78 is 0. The molecule has 12 nitrogen and oxygen atoms in total. The van der Waals surface area contributed by atoms with Crippen molar-refractivity contribution in [2.24, 2.45) is 29.4 Å². The maximum atomic E-state index is 14.0. The third-order valence-electron chi connectivity index (χ3n) is 8.71. The van der Waals surface area contributed by atoms with Crippen LogP contribution < -0.4 is 11.1 Å². The molecule has 8 atom stereocenters. The van der Waals surface area contributed by atoms with Crippen molar-refractivity contribution in [2.45, 2.75) is 69.7 Å². The zero-order chi connectivity index (χ0) is 30.9. The molecule has 3 aliphatic rings. The van der Waals surface area contributed by atoms with E-state index in [1.165, 1.54) is 19.0 Å². The van der Waals surface area contributed by atoms with Crippen LogP contribution in [0.25, 0.3) is 0 Å². The maximum Gasteiger partial charge on any atom is 0.235 e. The summed E-state index contributed by atoms with van der Waals surface area (Å²) in [4.78, 5) is 80.3. The van der Waals surface area contributed by atoms with Gasteiger partial charge in [-0.05, 0) is 58.3 Å². The molecular weight excluding hydrogens is 534 g/mol. The van der Waals surface area contributed by atoms with Gasteiger partial charge in [-0.15, -0.1) is 0 Å². The number of Topliss-reactive ketones (excluding diaryl/α,β-unsaturated/α-hetero) is 4. The van der Waals surface area contributed by atoms with Gasteiger partial charge in [0.05, 0.1) is 29.5 Å². The first-order chi connectivity index (χ1) is 18.9. The molecule has 1 aromatic carbocycles. The van der Waals surface area contributed by atoms with Crippen LogP contribution in [-0.2, 0) is 30.4 Å². The quantitative estimate of drug-likeness (QED) is 0.280. The number of aryl methyl sites for hydroxylation is 1. The summed E-state index contributed by atoms with van der Waals surface area (Å²) in [6.07, 6.45) is -1.58. The van der Waals surface area contributed by atoms with E-state index in [9.17, 15) is 44.1 Å². The van der Waals surface area contributed by atoms with Crippen molar-refractivity contribution in [3.63, 3.8) is 0 Å². The van der Waals surface area contributed by atoms with E-state index < -0.39 is 87.7 Å². The minimum Gasteiger partial charge on any atom is -0.507 e. The van der Waals surface area contributed by atoms with Gasteiger partial charge in [0.15, 0.2) is 34.7 Å².